The molecule has 0 amide bonds. The molecule has 0 aromatic heterocycles. The van der Waals surface area contributed by atoms with Gasteiger partial charge in [-0.3, -0.25) is 0 Å². The third-order valence-corrected chi connectivity index (χ3v) is 9.60. The minimum absolute atomic E-state index is 0.486. The van der Waals surface area contributed by atoms with E-state index in [1.807, 2.05) is 74.8 Å². The first-order valence-corrected chi connectivity index (χ1v) is 18.5. The van der Waals surface area contributed by atoms with Crippen LogP contribution in [0.25, 0.3) is 29.1 Å². The molecule has 7 rings (SSSR count). The summed E-state index contributed by atoms with van der Waals surface area (Å²) in [7, 11) is 4.08. The van der Waals surface area contributed by atoms with E-state index < -0.39 is 0 Å². The molecule has 0 fully saturated rings. The summed E-state index contributed by atoms with van der Waals surface area (Å²) in [5.41, 5.74) is 13.1. The molecule has 0 bridgehead atoms. The minimum atomic E-state index is 0.486. The van der Waals surface area contributed by atoms with Crippen molar-refractivity contribution in [1.29, 1.82) is 5.26 Å². The van der Waals surface area contributed by atoms with Crippen LogP contribution < -0.4 is 14.7 Å². The summed E-state index contributed by atoms with van der Waals surface area (Å²) in [6, 6.07) is 60.3. The molecule has 5 heteroatoms. The molecule has 0 unspecified atom stereocenters. The molecule has 0 N–H and O–H groups in total. The highest BCUT2D eigenvalue weighted by Gasteiger charge is 2.14. The number of hydrogen-bond donors (Lipinski definition) is 0. The Morgan fingerprint density at radius 1 is 0.482 bits per heavy atom. The Morgan fingerprint density at radius 2 is 0.875 bits per heavy atom. The lowest BCUT2D eigenvalue weighted by molar-refractivity contribution is 1.13. The van der Waals surface area contributed by atoms with Crippen molar-refractivity contribution in [3.05, 3.63) is 215 Å². The van der Waals surface area contributed by atoms with Gasteiger partial charge in [0.1, 0.15) is 0 Å². The Morgan fingerprint density at radius 3 is 1.30 bits per heavy atom. The van der Waals surface area contributed by atoms with Gasteiger partial charge in [-0.05, 0) is 126 Å². The van der Waals surface area contributed by atoms with Gasteiger partial charge in [0.2, 0.25) is 0 Å². The number of nitrogens with zero attached hydrogens (tertiary/aromatic N) is 5. The Balaban J connectivity index is 1.10. The summed E-state index contributed by atoms with van der Waals surface area (Å²) >= 11 is 0. The smallest absolute Gasteiger partial charge is 0.194 e. The summed E-state index contributed by atoms with van der Waals surface area (Å²) in [5.74, 6) is 0. The number of hydrogen-bond acceptors (Lipinski definition) is 4. The van der Waals surface area contributed by atoms with E-state index in [4.69, 9.17) is 6.57 Å². The fourth-order valence-corrected chi connectivity index (χ4v) is 6.57. The average Bonchev–Trinajstić information content (AvgIpc) is 3.25. The normalized spacial score (nSPS) is 10.9. The van der Waals surface area contributed by atoms with Gasteiger partial charge in [0, 0.05) is 53.9 Å². The topological polar surface area (TPSA) is 37.9 Å². The third-order valence-electron chi connectivity index (χ3n) is 9.60. The predicted octanol–water partition coefficient (Wildman–Crippen LogP) is 13.8. The molecule has 0 aliphatic heterocycles. The second-order valence-corrected chi connectivity index (χ2v) is 13.7. The highest BCUT2D eigenvalue weighted by Crippen LogP contribution is 2.37. The van der Waals surface area contributed by atoms with E-state index in [1.54, 1.807) is 12.1 Å². The number of nitriles is 1. The molecule has 0 saturated carbocycles. The first-order chi connectivity index (χ1) is 27.4. The van der Waals surface area contributed by atoms with Crippen molar-refractivity contribution in [1.82, 2.24) is 0 Å². The van der Waals surface area contributed by atoms with E-state index in [1.165, 1.54) is 5.56 Å². The van der Waals surface area contributed by atoms with E-state index >= 15 is 0 Å². The second-order valence-electron chi connectivity index (χ2n) is 13.7. The summed E-state index contributed by atoms with van der Waals surface area (Å²) in [4.78, 5) is 10.4. The van der Waals surface area contributed by atoms with Crippen molar-refractivity contribution in [3.63, 3.8) is 0 Å². The number of benzene rings is 7. The predicted molar refractivity (Wildman–Crippen MR) is 237 cm³/mol. The maximum atomic E-state index is 10.1. The van der Waals surface area contributed by atoms with Gasteiger partial charge >= 0.3 is 0 Å². The van der Waals surface area contributed by atoms with Crippen molar-refractivity contribution >= 4 is 69.8 Å². The van der Waals surface area contributed by atoms with Crippen LogP contribution in [0.4, 0.5) is 45.5 Å². The number of anilines is 7. The van der Waals surface area contributed by atoms with Gasteiger partial charge in [-0.15, -0.1) is 0 Å². The lowest BCUT2D eigenvalue weighted by Crippen LogP contribution is -2.11. The van der Waals surface area contributed by atoms with E-state index in [9.17, 15) is 5.26 Å². The molecule has 0 heterocycles. The van der Waals surface area contributed by atoms with Crippen LogP contribution in [0.3, 0.4) is 0 Å². The maximum absolute atomic E-state index is 10.1. The summed E-state index contributed by atoms with van der Waals surface area (Å²) < 4.78 is 0. The summed E-state index contributed by atoms with van der Waals surface area (Å²) in [5, 5.41) is 10.1. The maximum Gasteiger partial charge on any atom is 0.194 e. The Kier molecular flexibility index (Phi) is 11.2. The molecule has 0 aliphatic rings. The van der Waals surface area contributed by atoms with Gasteiger partial charge < -0.3 is 14.7 Å². The molecule has 5 nitrogen and oxygen atoms in total. The SMILES string of the molecule is [C-]#[N+]c1cc(C=Cc2ccc(N(c3ccccc3)c3ccc(N(C)C)cc3)cc2)c(C#N)cc1C=Cc1ccc(N(c2ccccc2)c2ccc(C)cc2)cc1. The van der Waals surface area contributed by atoms with Gasteiger partial charge in [0.15, 0.2) is 5.69 Å². The summed E-state index contributed by atoms with van der Waals surface area (Å²) in [6.07, 6.45) is 7.80. The van der Waals surface area contributed by atoms with Crippen LogP contribution >= 0.6 is 0 Å². The van der Waals surface area contributed by atoms with Crippen LogP contribution in [0.5, 0.6) is 0 Å². The molecule has 56 heavy (non-hydrogen) atoms. The van der Waals surface area contributed by atoms with Gasteiger partial charge in [-0.25, -0.2) is 4.85 Å². The number of rotatable bonds is 11. The van der Waals surface area contributed by atoms with E-state index in [2.05, 4.69) is 154 Å². The standard InChI is InChI=1S/C51H41N5/c1-38-15-25-47(26-16-38)55(45-11-7-5-8-12-45)48-29-21-40(22-30-48)18-24-42-35-43(37-52)41(36-51(42)53-2)23-17-39-19-27-49(28-20-39)56(46-13-9-6-10-14-46)50-33-31-44(32-34-50)54(3)4/h5-36H,1,3-4H3. The first kappa shape index (κ1) is 36.7. The van der Waals surface area contributed by atoms with Crippen molar-refractivity contribution < 1.29 is 0 Å². The molecule has 0 spiro atoms. The number of para-hydroxylation sites is 2. The van der Waals surface area contributed by atoms with Crippen molar-refractivity contribution in [2.24, 2.45) is 0 Å². The lowest BCUT2D eigenvalue weighted by Gasteiger charge is -2.26. The fourth-order valence-electron chi connectivity index (χ4n) is 6.57. The van der Waals surface area contributed by atoms with Crippen LogP contribution in [-0.4, -0.2) is 14.1 Å². The van der Waals surface area contributed by atoms with Crippen molar-refractivity contribution in [2.45, 2.75) is 6.92 Å². The molecule has 7 aromatic carbocycles. The zero-order valence-corrected chi connectivity index (χ0v) is 31.7. The van der Waals surface area contributed by atoms with Crippen LogP contribution in [0.1, 0.15) is 33.4 Å². The average molecular weight is 724 g/mol. The van der Waals surface area contributed by atoms with Crippen LogP contribution in [-0.2, 0) is 0 Å². The van der Waals surface area contributed by atoms with Crippen LogP contribution in [0.2, 0.25) is 0 Å². The Bertz CT molecular complexity index is 2540. The highest BCUT2D eigenvalue weighted by molar-refractivity contribution is 5.84. The fraction of sp³-hybridized carbons (Fsp3) is 0.0588. The Hall–Kier alpha value is -7.60. The van der Waals surface area contributed by atoms with Crippen molar-refractivity contribution in [2.75, 3.05) is 28.8 Å². The molecule has 0 atom stereocenters. The van der Waals surface area contributed by atoms with Gasteiger partial charge in [0.05, 0.1) is 18.2 Å². The molecule has 0 radical (unpaired) electrons. The van der Waals surface area contributed by atoms with E-state index in [0.29, 0.717) is 22.4 Å². The molecule has 0 saturated heterocycles. The molecule has 7 aromatic rings. The largest absolute Gasteiger partial charge is 0.378 e. The van der Waals surface area contributed by atoms with Gasteiger partial charge in [-0.1, -0.05) is 103 Å². The zero-order valence-electron chi connectivity index (χ0n) is 31.7. The number of aryl methyl sites for hydroxylation is 1. The first-order valence-electron chi connectivity index (χ1n) is 18.5. The third kappa shape index (κ3) is 8.45. The van der Waals surface area contributed by atoms with Gasteiger partial charge in [-0.2, -0.15) is 5.26 Å². The quantitative estimate of drug-likeness (QED) is 0.0984. The minimum Gasteiger partial charge on any atom is -0.378 e. The lowest BCUT2D eigenvalue weighted by atomic mass is 10.0. The van der Waals surface area contributed by atoms with Gasteiger partial charge in [0.25, 0.3) is 0 Å². The molecule has 0 aliphatic carbocycles. The second kappa shape index (κ2) is 17.0. The molecular weight excluding hydrogens is 683 g/mol. The van der Waals surface area contributed by atoms with Crippen LogP contribution in [0, 0.1) is 24.8 Å². The van der Waals surface area contributed by atoms with Crippen LogP contribution in [0.15, 0.2) is 170 Å². The summed E-state index contributed by atoms with van der Waals surface area (Å²) in [6.45, 7) is 10.0. The zero-order chi connectivity index (χ0) is 38.9. The van der Waals surface area contributed by atoms with Crippen molar-refractivity contribution in [3.8, 4) is 6.07 Å². The molecule has 270 valence electrons. The Labute approximate surface area is 330 Å². The van der Waals surface area contributed by atoms with E-state index in [-0.39, 0.29) is 0 Å². The molecular formula is C51H41N5. The highest BCUT2D eigenvalue weighted by atomic mass is 15.1. The van der Waals surface area contributed by atoms with E-state index in [0.717, 1.165) is 50.9 Å². The monoisotopic (exact) mass is 723 g/mol.